The van der Waals surface area contributed by atoms with Gasteiger partial charge in [0, 0.05) is 11.6 Å². The predicted octanol–water partition coefficient (Wildman–Crippen LogP) is 4.56. The second-order valence-corrected chi connectivity index (χ2v) is 8.98. The highest BCUT2D eigenvalue weighted by atomic mass is 35.5. The zero-order valence-corrected chi connectivity index (χ0v) is 20.2. The van der Waals surface area contributed by atoms with Gasteiger partial charge in [-0.1, -0.05) is 65.8 Å². The molecule has 0 unspecified atom stereocenters. The van der Waals surface area contributed by atoms with E-state index in [-0.39, 0.29) is 23.8 Å². The molecule has 0 saturated carbocycles. The number of carbonyl (C=O) groups is 1. The summed E-state index contributed by atoms with van der Waals surface area (Å²) in [6, 6.07) is 22.4. The lowest BCUT2D eigenvalue weighted by Gasteiger charge is -2.14. The Morgan fingerprint density at radius 2 is 1.79 bits per heavy atom. The summed E-state index contributed by atoms with van der Waals surface area (Å²) in [5.41, 5.74) is 2.37. The first-order chi connectivity index (χ1) is 16.5. The number of carbonyl (C=O) groups excluding carboxylic acids is 1. The molecule has 4 aromatic rings. The van der Waals surface area contributed by atoms with Crippen molar-refractivity contribution >= 4 is 40.2 Å². The first-order valence-electron chi connectivity index (χ1n) is 10.8. The molecule has 0 aliphatic carbocycles. The maximum Gasteiger partial charge on any atom is 0.262 e. The van der Waals surface area contributed by atoms with E-state index in [0.29, 0.717) is 34.0 Å². The topological polar surface area (TPSA) is 73.2 Å². The number of thioether (sulfide) groups is 1. The molecule has 1 heterocycles. The average Bonchev–Trinajstić information content (AvgIpc) is 2.86. The molecule has 1 N–H and O–H groups in total. The van der Waals surface area contributed by atoms with Crippen molar-refractivity contribution < 1.29 is 9.53 Å². The fraction of sp³-hybridized carbons (Fsp3) is 0.192. The summed E-state index contributed by atoms with van der Waals surface area (Å²) in [6.07, 6.45) is 0.714. The molecule has 6 nitrogen and oxygen atoms in total. The molecule has 1 aromatic heterocycles. The number of fused-ring (bicyclic) bond motifs is 1. The Kier molecular flexibility index (Phi) is 7.87. The minimum absolute atomic E-state index is 0.120. The largest absolute Gasteiger partial charge is 0.497 e. The van der Waals surface area contributed by atoms with E-state index in [0.717, 1.165) is 16.9 Å². The highest BCUT2D eigenvalue weighted by Crippen LogP contribution is 2.21. The molecule has 0 aliphatic heterocycles. The average molecular weight is 494 g/mol. The minimum Gasteiger partial charge on any atom is -0.497 e. The Hall–Kier alpha value is -3.29. The van der Waals surface area contributed by atoms with Crippen molar-refractivity contribution in [1.82, 2.24) is 14.9 Å². The molecule has 174 valence electrons. The van der Waals surface area contributed by atoms with Crippen LogP contribution >= 0.6 is 23.4 Å². The Bertz CT molecular complexity index is 1360. The fourth-order valence-corrected chi connectivity index (χ4v) is 4.54. The summed E-state index contributed by atoms with van der Waals surface area (Å²) >= 11 is 7.58. The van der Waals surface area contributed by atoms with Crippen LogP contribution in [0.5, 0.6) is 5.75 Å². The lowest BCUT2D eigenvalue weighted by Crippen LogP contribution is -2.28. The van der Waals surface area contributed by atoms with Crippen LogP contribution in [0.2, 0.25) is 5.02 Å². The van der Waals surface area contributed by atoms with Crippen LogP contribution in [0.15, 0.2) is 82.7 Å². The number of amides is 1. The molecular formula is C26H24ClN3O3S. The number of nitrogens with zero attached hydrogens (tertiary/aromatic N) is 2. The van der Waals surface area contributed by atoms with E-state index in [1.807, 2.05) is 54.6 Å². The van der Waals surface area contributed by atoms with Crippen molar-refractivity contribution in [2.24, 2.45) is 0 Å². The number of benzene rings is 3. The Labute approximate surface area is 206 Å². The van der Waals surface area contributed by atoms with Crippen LogP contribution in [-0.2, 0) is 17.8 Å². The van der Waals surface area contributed by atoms with E-state index >= 15 is 0 Å². The zero-order chi connectivity index (χ0) is 23.9. The van der Waals surface area contributed by atoms with Crippen molar-refractivity contribution in [2.75, 3.05) is 19.4 Å². The first kappa shape index (κ1) is 23.9. The molecule has 8 heteroatoms. The highest BCUT2D eigenvalue weighted by molar-refractivity contribution is 7.99. The minimum atomic E-state index is -0.159. The molecule has 0 radical (unpaired) electrons. The molecular weight excluding hydrogens is 470 g/mol. The van der Waals surface area contributed by atoms with Crippen molar-refractivity contribution in [3.8, 4) is 5.75 Å². The first-order valence-corrected chi connectivity index (χ1v) is 12.2. The van der Waals surface area contributed by atoms with Crippen LogP contribution < -0.4 is 15.6 Å². The van der Waals surface area contributed by atoms with Gasteiger partial charge in [-0.3, -0.25) is 14.2 Å². The van der Waals surface area contributed by atoms with E-state index in [4.69, 9.17) is 16.3 Å². The summed E-state index contributed by atoms with van der Waals surface area (Å²) < 4.78 is 6.75. The number of hydrogen-bond acceptors (Lipinski definition) is 5. The summed E-state index contributed by atoms with van der Waals surface area (Å²) in [5.74, 6) is 0.829. The Balaban J connectivity index is 1.46. The van der Waals surface area contributed by atoms with Gasteiger partial charge in [0.25, 0.3) is 5.56 Å². The van der Waals surface area contributed by atoms with Crippen molar-refractivity contribution in [2.45, 2.75) is 18.1 Å². The third kappa shape index (κ3) is 5.79. The molecule has 0 atom stereocenters. The van der Waals surface area contributed by atoms with Crippen molar-refractivity contribution in [3.05, 3.63) is 99.3 Å². The second kappa shape index (κ2) is 11.2. The second-order valence-electron chi connectivity index (χ2n) is 7.63. The van der Waals surface area contributed by atoms with Crippen LogP contribution in [0.25, 0.3) is 10.9 Å². The van der Waals surface area contributed by atoms with E-state index in [1.54, 1.807) is 29.9 Å². The van der Waals surface area contributed by atoms with Gasteiger partial charge in [-0.15, -0.1) is 0 Å². The quantitative estimate of drug-likeness (QED) is 0.273. The molecule has 0 aliphatic rings. The van der Waals surface area contributed by atoms with Gasteiger partial charge < -0.3 is 10.1 Å². The maximum absolute atomic E-state index is 13.2. The molecule has 0 saturated heterocycles. The number of hydrogen-bond donors (Lipinski definition) is 1. The zero-order valence-electron chi connectivity index (χ0n) is 18.7. The molecule has 0 spiro atoms. The monoisotopic (exact) mass is 493 g/mol. The van der Waals surface area contributed by atoms with E-state index < -0.39 is 0 Å². The molecule has 3 aromatic carbocycles. The molecule has 4 rings (SSSR count). The van der Waals surface area contributed by atoms with Gasteiger partial charge >= 0.3 is 0 Å². The Morgan fingerprint density at radius 3 is 2.56 bits per heavy atom. The fourth-order valence-electron chi connectivity index (χ4n) is 3.51. The van der Waals surface area contributed by atoms with Gasteiger partial charge in [-0.2, -0.15) is 0 Å². The maximum atomic E-state index is 13.2. The predicted molar refractivity (Wildman–Crippen MR) is 137 cm³/mol. The SMILES string of the molecule is COc1ccc(CCNC(=O)CSc2nc3ccccc3c(=O)n2Cc2ccccc2Cl)cc1. The summed E-state index contributed by atoms with van der Waals surface area (Å²) in [4.78, 5) is 30.4. The van der Waals surface area contributed by atoms with Gasteiger partial charge in [-0.05, 0) is 47.9 Å². The van der Waals surface area contributed by atoms with E-state index in [9.17, 15) is 9.59 Å². The van der Waals surface area contributed by atoms with Crippen LogP contribution in [-0.4, -0.2) is 34.9 Å². The van der Waals surface area contributed by atoms with Crippen LogP contribution in [0, 0.1) is 0 Å². The summed E-state index contributed by atoms with van der Waals surface area (Å²) in [7, 11) is 1.63. The number of para-hydroxylation sites is 1. The third-order valence-electron chi connectivity index (χ3n) is 5.34. The number of methoxy groups -OCH3 is 1. The number of ether oxygens (including phenoxy) is 1. The number of aromatic nitrogens is 2. The number of halogens is 1. The van der Waals surface area contributed by atoms with Gasteiger partial charge in [-0.25, -0.2) is 4.98 Å². The number of nitrogens with one attached hydrogen (secondary N) is 1. The highest BCUT2D eigenvalue weighted by Gasteiger charge is 2.14. The van der Waals surface area contributed by atoms with Gasteiger partial charge in [0.1, 0.15) is 5.75 Å². The molecule has 1 amide bonds. The van der Waals surface area contributed by atoms with Crippen LogP contribution in [0.3, 0.4) is 0 Å². The molecule has 0 bridgehead atoms. The third-order valence-corrected chi connectivity index (χ3v) is 6.69. The van der Waals surface area contributed by atoms with E-state index in [1.165, 1.54) is 11.8 Å². The normalized spacial score (nSPS) is 10.9. The summed E-state index contributed by atoms with van der Waals surface area (Å²) in [5, 5.41) is 4.52. The Morgan fingerprint density at radius 1 is 1.06 bits per heavy atom. The number of rotatable bonds is 9. The lowest BCUT2D eigenvalue weighted by atomic mass is 10.1. The standard InChI is InChI=1S/C26H24ClN3O3S/c1-33-20-12-10-18(11-13-20)14-15-28-24(31)17-34-26-29-23-9-5-3-7-21(23)25(32)30(26)16-19-6-2-4-8-22(19)27/h2-13H,14-17H2,1H3,(H,28,31). The molecule has 34 heavy (non-hydrogen) atoms. The van der Waals surface area contributed by atoms with Crippen LogP contribution in [0.4, 0.5) is 0 Å². The van der Waals surface area contributed by atoms with Gasteiger partial charge in [0.15, 0.2) is 5.16 Å². The lowest BCUT2D eigenvalue weighted by molar-refractivity contribution is -0.118. The summed E-state index contributed by atoms with van der Waals surface area (Å²) in [6.45, 7) is 0.793. The van der Waals surface area contributed by atoms with Crippen LogP contribution in [0.1, 0.15) is 11.1 Å². The van der Waals surface area contributed by atoms with Crippen molar-refractivity contribution in [1.29, 1.82) is 0 Å². The van der Waals surface area contributed by atoms with E-state index in [2.05, 4.69) is 10.3 Å². The van der Waals surface area contributed by atoms with Crippen molar-refractivity contribution in [3.63, 3.8) is 0 Å². The van der Waals surface area contributed by atoms with Gasteiger partial charge in [0.05, 0.1) is 30.3 Å². The molecule has 0 fully saturated rings. The van der Waals surface area contributed by atoms with Gasteiger partial charge in [0.2, 0.25) is 5.91 Å². The smallest absolute Gasteiger partial charge is 0.262 e.